The number of alkyl halides is 6. The number of nitrogens with zero attached hydrogens (tertiary/aromatic N) is 4. The molecule has 3 aliphatic rings. The van der Waals surface area contributed by atoms with Gasteiger partial charge in [0.2, 0.25) is 5.95 Å². The molecule has 1 aliphatic carbocycles. The number of ether oxygens (including phenoxy) is 3. The molecule has 4 heterocycles. The number of fused-ring (bicyclic) bond motifs is 2. The number of methoxy groups -OCH3 is 1. The molecule has 2 aromatic heterocycles. The van der Waals surface area contributed by atoms with Crippen molar-refractivity contribution in [3.63, 3.8) is 0 Å². The SMILES string of the molecule is COC(=O)c1cnc(N2C3CC(OCc4c(-c5ccccc5OC(F)(F)F)noc4C4CC4)CC2[C@H](C)C3)nc1C(F)(F)F. The molecule has 3 aromatic rings. The number of hydrogen-bond donors (Lipinski definition) is 0. The zero-order valence-corrected chi connectivity index (χ0v) is 23.6. The first-order valence-electron chi connectivity index (χ1n) is 14.1. The number of rotatable bonds is 8. The minimum Gasteiger partial charge on any atom is -0.465 e. The van der Waals surface area contributed by atoms with Crippen LogP contribution >= 0.6 is 0 Å². The Labute approximate surface area is 247 Å². The quantitative estimate of drug-likeness (QED) is 0.200. The molecule has 0 radical (unpaired) electrons. The number of hydrogen-bond acceptors (Lipinski definition) is 9. The van der Waals surface area contributed by atoms with Gasteiger partial charge in [0.05, 0.1) is 19.8 Å². The zero-order chi connectivity index (χ0) is 31.4. The van der Waals surface area contributed by atoms with Gasteiger partial charge in [-0.15, -0.1) is 13.2 Å². The molecule has 15 heteroatoms. The van der Waals surface area contributed by atoms with Gasteiger partial charge in [0.15, 0.2) is 5.69 Å². The van der Waals surface area contributed by atoms with E-state index in [1.807, 2.05) is 6.92 Å². The van der Waals surface area contributed by atoms with Crippen molar-refractivity contribution >= 4 is 11.9 Å². The lowest BCUT2D eigenvalue weighted by Crippen LogP contribution is -2.47. The highest BCUT2D eigenvalue weighted by molar-refractivity contribution is 5.90. The van der Waals surface area contributed by atoms with Gasteiger partial charge >= 0.3 is 18.5 Å². The van der Waals surface area contributed by atoms with Crippen molar-refractivity contribution in [2.75, 3.05) is 12.0 Å². The van der Waals surface area contributed by atoms with Gasteiger partial charge in [-0.25, -0.2) is 14.8 Å². The molecular weight excluding hydrogens is 598 g/mol. The van der Waals surface area contributed by atoms with Crippen LogP contribution in [0.25, 0.3) is 11.3 Å². The third-order valence-corrected chi connectivity index (χ3v) is 8.37. The lowest BCUT2D eigenvalue weighted by Gasteiger charge is -2.39. The third kappa shape index (κ3) is 5.93. The van der Waals surface area contributed by atoms with Crippen molar-refractivity contribution < 1.29 is 49.9 Å². The minimum absolute atomic E-state index is 0.0199. The second kappa shape index (κ2) is 11.2. The highest BCUT2D eigenvalue weighted by atomic mass is 19.4. The molecule has 3 unspecified atom stereocenters. The van der Waals surface area contributed by atoms with Crippen molar-refractivity contribution in [1.29, 1.82) is 0 Å². The summed E-state index contributed by atoms with van der Waals surface area (Å²) in [5.41, 5.74) is -1.25. The van der Waals surface area contributed by atoms with E-state index in [0.29, 0.717) is 30.6 Å². The van der Waals surface area contributed by atoms with Crippen LogP contribution in [-0.4, -0.2) is 52.8 Å². The molecule has 0 amide bonds. The maximum atomic E-state index is 13.8. The summed E-state index contributed by atoms with van der Waals surface area (Å²) in [6, 6.07) is 5.21. The highest BCUT2D eigenvalue weighted by Crippen LogP contribution is 2.47. The monoisotopic (exact) mass is 626 g/mol. The average molecular weight is 627 g/mol. The third-order valence-electron chi connectivity index (χ3n) is 8.37. The van der Waals surface area contributed by atoms with Crippen LogP contribution in [0.4, 0.5) is 32.3 Å². The summed E-state index contributed by atoms with van der Waals surface area (Å²) in [6.45, 7) is 2.01. The summed E-state index contributed by atoms with van der Waals surface area (Å²) in [7, 11) is 0.980. The predicted molar refractivity (Wildman–Crippen MR) is 141 cm³/mol. The fourth-order valence-electron chi connectivity index (χ4n) is 6.31. The molecule has 6 rings (SSSR count). The molecule has 2 bridgehead atoms. The van der Waals surface area contributed by atoms with Crippen molar-refractivity contribution in [1.82, 2.24) is 15.1 Å². The molecule has 2 saturated heterocycles. The standard InChI is InChI=1S/C29H28F6N4O5/c1-14-9-16-10-17(11-21(14)39(16)27-36-12-19(26(40)41-2)25(37-27)28(30,31)32)42-13-20-23(38-44-24(20)15-7-8-15)18-5-3-4-6-22(18)43-29(33,34)35/h3-6,12,14-17,21H,7-11,13H2,1-2H3/t14-,16?,17?,21?/m1/s1. The van der Waals surface area contributed by atoms with Crippen LogP contribution in [0, 0.1) is 5.92 Å². The van der Waals surface area contributed by atoms with E-state index in [1.165, 1.54) is 18.2 Å². The zero-order valence-electron chi connectivity index (χ0n) is 23.6. The van der Waals surface area contributed by atoms with Crippen LogP contribution in [0.2, 0.25) is 0 Å². The summed E-state index contributed by atoms with van der Waals surface area (Å²) in [5, 5.41) is 4.11. The van der Waals surface area contributed by atoms with Gasteiger partial charge in [-0.1, -0.05) is 24.2 Å². The molecule has 236 valence electrons. The van der Waals surface area contributed by atoms with Crippen molar-refractivity contribution in [3.8, 4) is 17.0 Å². The van der Waals surface area contributed by atoms with E-state index in [4.69, 9.17) is 9.26 Å². The van der Waals surface area contributed by atoms with E-state index in [-0.39, 0.29) is 53.8 Å². The first-order valence-corrected chi connectivity index (χ1v) is 14.1. The van der Waals surface area contributed by atoms with Crippen LogP contribution in [-0.2, 0) is 22.3 Å². The number of piperidine rings is 1. The van der Waals surface area contributed by atoms with Crippen LogP contribution in [0.1, 0.15) is 72.3 Å². The second-order valence-electron chi connectivity index (χ2n) is 11.4. The Bertz CT molecular complexity index is 1540. The van der Waals surface area contributed by atoms with Gasteiger partial charge in [0.25, 0.3) is 0 Å². The molecular formula is C29H28F6N4O5. The first-order chi connectivity index (χ1) is 20.8. The maximum Gasteiger partial charge on any atom is 0.573 e. The van der Waals surface area contributed by atoms with Crippen molar-refractivity contribution in [2.24, 2.45) is 5.92 Å². The molecule has 2 aliphatic heterocycles. The van der Waals surface area contributed by atoms with Crippen LogP contribution in [0.3, 0.4) is 0 Å². The lowest BCUT2D eigenvalue weighted by atomic mass is 9.97. The number of anilines is 1. The summed E-state index contributed by atoms with van der Waals surface area (Å²) in [5.74, 6) is -0.967. The predicted octanol–water partition coefficient (Wildman–Crippen LogP) is 6.68. The van der Waals surface area contributed by atoms with E-state index in [1.54, 1.807) is 11.0 Å². The molecule has 1 aromatic carbocycles. The van der Waals surface area contributed by atoms with Crippen LogP contribution < -0.4 is 9.64 Å². The highest BCUT2D eigenvalue weighted by Gasteiger charge is 2.48. The second-order valence-corrected chi connectivity index (χ2v) is 11.4. The Hall–Kier alpha value is -3.88. The Kier molecular flexibility index (Phi) is 7.70. The Morgan fingerprint density at radius 3 is 2.50 bits per heavy atom. The number of esters is 1. The minimum atomic E-state index is -4.90. The molecule has 9 nitrogen and oxygen atoms in total. The van der Waals surface area contributed by atoms with Crippen molar-refractivity contribution in [2.45, 2.75) is 82.3 Å². The molecule has 44 heavy (non-hydrogen) atoms. The summed E-state index contributed by atoms with van der Waals surface area (Å²) < 4.78 is 101. The number of carbonyl (C=O) groups is 1. The fraction of sp³-hybridized carbons (Fsp3) is 0.517. The Balaban J connectivity index is 1.23. The van der Waals surface area contributed by atoms with Crippen molar-refractivity contribution in [3.05, 3.63) is 53.0 Å². The molecule has 3 fully saturated rings. The Morgan fingerprint density at radius 1 is 1.09 bits per heavy atom. The van der Waals surface area contributed by atoms with Gasteiger partial charge < -0.3 is 23.6 Å². The van der Waals surface area contributed by atoms with Gasteiger partial charge in [-0.05, 0) is 50.2 Å². The summed E-state index contributed by atoms with van der Waals surface area (Å²) >= 11 is 0. The van der Waals surface area contributed by atoms with Gasteiger partial charge in [-0.3, -0.25) is 0 Å². The summed E-state index contributed by atoms with van der Waals surface area (Å²) in [4.78, 5) is 21.6. The number of halogens is 6. The topological polar surface area (TPSA) is 99.8 Å². The molecule has 4 atom stereocenters. The molecule has 1 saturated carbocycles. The fourth-order valence-corrected chi connectivity index (χ4v) is 6.31. The van der Waals surface area contributed by atoms with Crippen LogP contribution in [0.15, 0.2) is 35.0 Å². The smallest absolute Gasteiger partial charge is 0.465 e. The normalized spacial score (nSPS) is 23.6. The van der Waals surface area contributed by atoms with E-state index in [0.717, 1.165) is 26.1 Å². The molecule has 0 N–H and O–H groups in total. The first kappa shape index (κ1) is 30.2. The largest absolute Gasteiger partial charge is 0.573 e. The maximum absolute atomic E-state index is 13.8. The van der Waals surface area contributed by atoms with Gasteiger partial charge in [0.1, 0.15) is 22.8 Å². The van der Waals surface area contributed by atoms with E-state index in [9.17, 15) is 31.1 Å². The van der Waals surface area contributed by atoms with Gasteiger partial charge in [-0.2, -0.15) is 13.2 Å². The van der Waals surface area contributed by atoms with Gasteiger partial charge in [0, 0.05) is 35.3 Å². The number of carbonyl (C=O) groups excluding carboxylic acids is 1. The molecule has 0 spiro atoms. The van der Waals surface area contributed by atoms with E-state index in [2.05, 4.69) is 24.6 Å². The number of aromatic nitrogens is 3. The average Bonchev–Trinajstić information content (AvgIpc) is 3.69. The number of para-hydroxylation sites is 1. The summed E-state index contributed by atoms with van der Waals surface area (Å²) in [6.07, 6.45) is -5.96. The Morgan fingerprint density at radius 2 is 1.84 bits per heavy atom. The van der Waals surface area contributed by atoms with E-state index >= 15 is 0 Å². The van der Waals surface area contributed by atoms with E-state index < -0.39 is 35.5 Å². The number of benzene rings is 1. The lowest BCUT2D eigenvalue weighted by molar-refractivity contribution is -0.274. The van der Waals surface area contributed by atoms with Crippen LogP contribution in [0.5, 0.6) is 5.75 Å².